The average molecular weight is 465 g/mol. The molecule has 0 spiro atoms. The molecule has 4 heteroatoms. The van der Waals surface area contributed by atoms with Crippen molar-refractivity contribution in [2.24, 2.45) is 40.9 Å². The maximum absolute atomic E-state index is 11.0. The molecule has 0 radical (unpaired) electrons. The van der Waals surface area contributed by atoms with Crippen molar-refractivity contribution in [2.75, 3.05) is 0 Å². The van der Waals surface area contributed by atoms with Crippen molar-refractivity contribution in [3.05, 3.63) is 0 Å². The predicted octanol–water partition coefficient (Wildman–Crippen LogP) is 6.78. The zero-order chi connectivity index (χ0) is 23.7. The van der Waals surface area contributed by atoms with Gasteiger partial charge in [0.15, 0.2) is 8.32 Å². The first-order valence-electron chi connectivity index (χ1n) is 13.8. The van der Waals surface area contributed by atoms with Gasteiger partial charge in [0.05, 0.1) is 11.7 Å². The summed E-state index contributed by atoms with van der Waals surface area (Å²) in [7, 11) is -1.75. The molecule has 0 aliphatic heterocycles. The zero-order valence-corrected chi connectivity index (χ0v) is 23.3. The second-order valence-electron chi connectivity index (χ2n) is 14.3. The molecule has 0 heterocycles. The predicted molar refractivity (Wildman–Crippen MR) is 135 cm³/mol. The molecule has 0 bridgehead atoms. The molecule has 0 aromatic rings. The molecule has 0 aromatic heterocycles. The molecule has 3 nitrogen and oxygen atoms in total. The third-order valence-electron chi connectivity index (χ3n) is 11.7. The van der Waals surface area contributed by atoms with Gasteiger partial charge in [-0.3, -0.25) is 0 Å². The molecule has 3 unspecified atom stereocenters. The van der Waals surface area contributed by atoms with Crippen LogP contribution in [0.1, 0.15) is 99.3 Å². The van der Waals surface area contributed by atoms with Crippen LogP contribution in [-0.2, 0) is 4.43 Å². The molecular formula is C28H52O3Si. The summed E-state index contributed by atoms with van der Waals surface area (Å²) in [6.45, 7) is 18.7. The third kappa shape index (κ3) is 4.07. The fourth-order valence-corrected chi connectivity index (χ4v) is 10.3. The van der Waals surface area contributed by atoms with E-state index in [0.717, 1.165) is 42.9 Å². The van der Waals surface area contributed by atoms with E-state index in [-0.39, 0.29) is 5.04 Å². The number of aliphatic hydroxyl groups excluding tert-OH is 1. The van der Waals surface area contributed by atoms with E-state index in [4.69, 9.17) is 4.43 Å². The van der Waals surface area contributed by atoms with Crippen molar-refractivity contribution in [3.8, 4) is 0 Å². The first-order chi connectivity index (χ1) is 14.7. The molecule has 2 N–H and O–H groups in total. The fraction of sp³-hybridized carbons (Fsp3) is 1.00. The summed E-state index contributed by atoms with van der Waals surface area (Å²) in [5, 5.41) is 21.4. The maximum atomic E-state index is 11.0. The minimum atomic E-state index is -1.75. The van der Waals surface area contributed by atoms with Crippen LogP contribution in [0.5, 0.6) is 0 Å². The van der Waals surface area contributed by atoms with Crippen LogP contribution < -0.4 is 0 Å². The molecule has 4 rings (SSSR count). The van der Waals surface area contributed by atoms with Gasteiger partial charge < -0.3 is 14.6 Å². The van der Waals surface area contributed by atoms with Crippen molar-refractivity contribution >= 4 is 8.32 Å². The van der Waals surface area contributed by atoms with E-state index in [1.165, 1.54) is 38.5 Å². The van der Waals surface area contributed by atoms with Gasteiger partial charge in [-0.2, -0.15) is 0 Å². The molecular weight excluding hydrogens is 412 g/mol. The zero-order valence-electron chi connectivity index (χ0n) is 22.3. The minimum absolute atomic E-state index is 0.269. The van der Waals surface area contributed by atoms with E-state index in [1.807, 2.05) is 0 Å². The monoisotopic (exact) mass is 464 g/mol. The van der Waals surface area contributed by atoms with Crippen molar-refractivity contribution in [2.45, 2.75) is 135 Å². The molecule has 4 saturated carbocycles. The Morgan fingerprint density at radius 3 is 2.19 bits per heavy atom. The number of hydrogen-bond acceptors (Lipinski definition) is 3. The van der Waals surface area contributed by atoms with Crippen LogP contribution >= 0.6 is 0 Å². The number of aliphatic hydroxyl groups is 2. The van der Waals surface area contributed by atoms with Gasteiger partial charge in [0.2, 0.25) is 0 Å². The molecule has 0 saturated heterocycles. The van der Waals surface area contributed by atoms with Gasteiger partial charge in [0, 0.05) is 6.10 Å². The van der Waals surface area contributed by atoms with Crippen LogP contribution in [0.3, 0.4) is 0 Å². The lowest BCUT2D eigenvalue weighted by molar-refractivity contribution is -0.144. The number of hydrogen-bond donors (Lipinski definition) is 2. The minimum Gasteiger partial charge on any atom is -0.414 e. The number of fused-ring (bicyclic) bond motifs is 5. The SMILES string of the molecule is CC(O[Si](C)(C)C(C)(C)C)C1CC[C@H]2[C@@H]3CC[C@@H]4C[C@@](O)(C(C)O)CC[C@@H]4[C@H]3CC[C@]12C. The molecule has 4 aliphatic carbocycles. The number of rotatable bonds is 4. The average Bonchev–Trinajstić information content (AvgIpc) is 3.03. The van der Waals surface area contributed by atoms with Gasteiger partial charge in [-0.1, -0.05) is 27.7 Å². The summed E-state index contributed by atoms with van der Waals surface area (Å²) in [5.74, 6) is 4.67. The summed E-state index contributed by atoms with van der Waals surface area (Å²) in [4.78, 5) is 0. The molecule has 4 fully saturated rings. The highest BCUT2D eigenvalue weighted by Crippen LogP contribution is 2.65. The van der Waals surface area contributed by atoms with Crippen LogP contribution in [0, 0.1) is 40.9 Å². The smallest absolute Gasteiger partial charge is 0.192 e. The van der Waals surface area contributed by atoms with E-state index in [2.05, 4.69) is 47.7 Å². The standard InChI is InChI=1S/C28H52O3Si/c1-18(31-32(7,8)26(3,4)5)24-11-12-25-23-10-9-20-17-28(30,19(2)29)16-14-21(20)22(23)13-15-27(24,25)6/h18-25,29-30H,9-17H2,1-8H3/t18?,19?,20-,21+,22-,23-,24?,25+,27-,28-/m1/s1. The van der Waals surface area contributed by atoms with Crippen molar-refractivity contribution in [1.82, 2.24) is 0 Å². The first-order valence-corrected chi connectivity index (χ1v) is 16.7. The Labute approximate surface area is 199 Å². The van der Waals surface area contributed by atoms with Crippen LogP contribution in [-0.4, -0.2) is 36.3 Å². The fourth-order valence-electron chi connectivity index (χ4n) is 8.82. The molecule has 186 valence electrons. The maximum Gasteiger partial charge on any atom is 0.192 e. The van der Waals surface area contributed by atoms with Gasteiger partial charge in [0.25, 0.3) is 0 Å². The van der Waals surface area contributed by atoms with E-state index in [1.54, 1.807) is 6.92 Å². The lowest BCUT2D eigenvalue weighted by atomic mass is 9.48. The molecule has 4 aliphatic rings. The van der Waals surface area contributed by atoms with Gasteiger partial charge >= 0.3 is 0 Å². The first kappa shape index (κ1) is 25.2. The lowest BCUT2D eigenvalue weighted by Gasteiger charge is -2.58. The van der Waals surface area contributed by atoms with Crippen LogP contribution in [0.25, 0.3) is 0 Å². The topological polar surface area (TPSA) is 49.7 Å². The highest BCUT2D eigenvalue weighted by Gasteiger charge is 2.59. The van der Waals surface area contributed by atoms with E-state index in [9.17, 15) is 10.2 Å². The summed E-state index contributed by atoms with van der Waals surface area (Å²) >= 11 is 0. The van der Waals surface area contributed by atoms with Crippen molar-refractivity contribution in [3.63, 3.8) is 0 Å². The molecule has 10 atom stereocenters. The highest BCUT2D eigenvalue weighted by molar-refractivity contribution is 6.74. The van der Waals surface area contributed by atoms with Crippen molar-refractivity contribution < 1.29 is 14.6 Å². The van der Waals surface area contributed by atoms with E-state index >= 15 is 0 Å². The van der Waals surface area contributed by atoms with Crippen molar-refractivity contribution in [1.29, 1.82) is 0 Å². The van der Waals surface area contributed by atoms with Crippen LogP contribution in [0.4, 0.5) is 0 Å². The Morgan fingerprint density at radius 2 is 1.56 bits per heavy atom. The second-order valence-corrected chi connectivity index (χ2v) is 19.0. The van der Waals surface area contributed by atoms with Gasteiger partial charge in [-0.05, 0) is 131 Å². The normalized spacial score (nSPS) is 46.7. The van der Waals surface area contributed by atoms with Gasteiger partial charge in [-0.15, -0.1) is 0 Å². The van der Waals surface area contributed by atoms with Crippen LogP contribution in [0.2, 0.25) is 18.1 Å². The quantitative estimate of drug-likeness (QED) is 0.451. The van der Waals surface area contributed by atoms with Gasteiger partial charge in [-0.25, -0.2) is 0 Å². The Hall–Kier alpha value is 0.0969. The Kier molecular flexibility index (Phi) is 6.57. The Balaban J connectivity index is 1.47. The Bertz CT molecular complexity index is 685. The molecule has 32 heavy (non-hydrogen) atoms. The van der Waals surface area contributed by atoms with E-state index < -0.39 is 20.0 Å². The largest absolute Gasteiger partial charge is 0.414 e. The second kappa shape index (κ2) is 8.35. The summed E-state index contributed by atoms with van der Waals surface area (Å²) in [6, 6.07) is 0. The summed E-state index contributed by atoms with van der Waals surface area (Å²) in [6.07, 6.45) is 10.6. The summed E-state index contributed by atoms with van der Waals surface area (Å²) in [5.41, 5.74) is -0.406. The third-order valence-corrected chi connectivity index (χ3v) is 16.3. The Morgan fingerprint density at radius 1 is 0.906 bits per heavy atom. The summed E-state index contributed by atoms with van der Waals surface area (Å²) < 4.78 is 6.96. The van der Waals surface area contributed by atoms with E-state index in [0.29, 0.717) is 23.4 Å². The highest BCUT2D eigenvalue weighted by atomic mass is 28.4. The molecule has 0 aromatic carbocycles. The molecule has 0 amide bonds. The van der Waals surface area contributed by atoms with Crippen LogP contribution in [0.15, 0.2) is 0 Å². The van der Waals surface area contributed by atoms with Gasteiger partial charge in [0.1, 0.15) is 0 Å². The lowest BCUT2D eigenvalue weighted by Crippen LogP contribution is -2.54.